The SMILES string of the molecule is C=C(Br)CNS(=O)(=O)CCOC(C)C. The van der Waals surface area contributed by atoms with E-state index in [9.17, 15) is 8.42 Å². The highest BCUT2D eigenvalue weighted by Gasteiger charge is 2.09. The topological polar surface area (TPSA) is 55.4 Å². The van der Waals surface area contributed by atoms with Crippen LogP contribution in [-0.2, 0) is 14.8 Å². The van der Waals surface area contributed by atoms with Crippen LogP contribution in [0.3, 0.4) is 0 Å². The van der Waals surface area contributed by atoms with E-state index in [1.54, 1.807) is 0 Å². The summed E-state index contributed by atoms with van der Waals surface area (Å²) in [7, 11) is -3.24. The second-order valence-electron chi connectivity index (χ2n) is 3.08. The van der Waals surface area contributed by atoms with Gasteiger partial charge in [0.15, 0.2) is 0 Å². The molecule has 84 valence electrons. The first kappa shape index (κ1) is 14.1. The lowest BCUT2D eigenvalue weighted by atomic mass is 10.5. The Hall–Kier alpha value is 0.0900. The molecule has 0 aromatic rings. The molecule has 4 nitrogen and oxygen atoms in total. The fraction of sp³-hybridized carbons (Fsp3) is 0.750. The van der Waals surface area contributed by atoms with Crippen LogP contribution in [-0.4, -0.2) is 33.4 Å². The summed E-state index contributed by atoms with van der Waals surface area (Å²) in [5.41, 5.74) is 0. The van der Waals surface area contributed by atoms with Crippen molar-refractivity contribution in [3.63, 3.8) is 0 Å². The van der Waals surface area contributed by atoms with Gasteiger partial charge in [0.25, 0.3) is 0 Å². The molecule has 0 aliphatic carbocycles. The number of nitrogens with one attached hydrogen (secondary N) is 1. The summed E-state index contributed by atoms with van der Waals surface area (Å²) in [5.74, 6) is -0.0224. The van der Waals surface area contributed by atoms with Crippen LogP contribution in [0.15, 0.2) is 11.1 Å². The molecular weight excluding hydrogens is 270 g/mol. The molecule has 0 fully saturated rings. The normalized spacial score (nSPS) is 12.0. The van der Waals surface area contributed by atoms with Gasteiger partial charge in [0, 0.05) is 11.0 Å². The predicted molar refractivity (Wildman–Crippen MR) is 60.9 cm³/mol. The molecule has 0 saturated carbocycles. The van der Waals surface area contributed by atoms with E-state index in [0.29, 0.717) is 4.48 Å². The standard InChI is InChI=1S/C8H16BrNO3S/c1-7(2)13-4-5-14(11,12)10-6-8(3)9/h7,10H,3-6H2,1-2H3. The molecule has 6 heteroatoms. The highest BCUT2D eigenvalue weighted by Crippen LogP contribution is 1.98. The molecule has 0 aliphatic rings. The van der Waals surface area contributed by atoms with Crippen molar-refractivity contribution in [2.45, 2.75) is 20.0 Å². The van der Waals surface area contributed by atoms with Gasteiger partial charge in [-0.1, -0.05) is 22.5 Å². The lowest BCUT2D eigenvalue weighted by Gasteiger charge is -2.08. The molecule has 0 atom stereocenters. The van der Waals surface area contributed by atoms with Crippen molar-refractivity contribution in [1.29, 1.82) is 0 Å². The van der Waals surface area contributed by atoms with Gasteiger partial charge in [-0.15, -0.1) is 0 Å². The first-order valence-corrected chi connectivity index (χ1v) is 6.70. The Balaban J connectivity index is 3.79. The average molecular weight is 286 g/mol. The Morgan fingerprint density at radius 2 is 2.14 bits per heavy atom. The lowest BCUT2D eigenvalue weighted by molar-refractivity contribution is 0.0911. The molecule has 0 spiro atoms. The Morgan fingerprint density at radius 3 is 2.57 bits per heavy atom. The zero-order valence-electron chi connectivity index (χ0n) is 8.42. The average Bonchev–Trinajstić information content (AvgIpc) is 2.00. The van der Waals surface area contributed by atoms with Crippen LogP contribution in [0, 0.1) is 0 Å². The third-order valence-corrected chi connectivity index (χ3v) is 2.86. The summed E-state index contributed by atoms with van der Waals surface area (Å²) < 4.78 is 30.6. The van der Waals surface area contributed by atoms with Gasteiger partial charge in [-0.05, 0) is 13.8 Å². The molecular formula is C8H16BrNO3S. The van der Waals surface area contributed by atoms with Crippen molar-refractivity contribution < 1.29 is 13.2 Å². The number of halogens is 1. The van der Waals surface area contributed by atoms with Gasteiger partial charge >= 0.3 is 0 Å². The Bertz CT molecular complexity index is 274. The summed E-state index contributed by atoms with van der Waals surface area (Å²) in [5, 5.41) is 0. The van der Waals surface area contributed by atoms with E-state index in [2.05, 4.69) is 27.2 Å². The molecule has 0 unspecified atom stereocenters. The molecule has 0 heterocycles. The third-order valence-electron chi connectivity index (χ3n) is 1.29. The Labute approximate surface area is 93.9 Å². The lowest BCUT2D eigenvalue weighted by Crippen LogP contribution is -2.29. The monoisotopic (exact) mass is 285 g/mol. The Kier molecular flexibility index (Phi) is 6.59. The number of sulfonamides is 1. The van der Waals surface area contributed by atoms with Gasteiger partial charge in [0.2, 0.25) is 10.0 Å². The maximum atomic E-state index is 11.3. The largest absolute Gasteiger partial charge is 0.378 e. The molecule has 0 radical (unpaired) electrons. The van der Waals surface area contributed by atoms with Crippen molar-refractivity contribution in [3.8, 4) is 0 Å². The van der Waals surface area contributed by atoms with Crippen LogP contribution in [0.2, 0.25) is 0 Å². The van der Waals surface area contributed by atoms with Gasteiger partial charge in [0.1, 0.15) is 0 Å². The van der Waals surface area contributed by atoms with Crippen LogP contribution in [0.25, 0.3) is 0 Å². The van der Waals surface area contributed by atoms with Crippen molar-refractivity contribution >= 4 is 26.0 Å². The number of ether oxygens (including phenoxy) is 1. The summed E-state index contributed by atoms with van der Waals surface area (Å²) in [4.78, 5) is 0. The smallest absolute Gasteiger partial charge is 0.214 e. The highest BCUT2D eigenvalue weighted by atomic mass is 79.9. The molecule has 0 saturated heterocycles. The summed E-state index contributed by atoms with van der Waals surface area (Å²) in [6.45, 7) is 7.67. The van der Waals surface area contributed by atoms with Crippen LogP contribution in [0.5, 0.6) is 0 Å². The number of hydrogen-bond donors (Lipinski definition) is 1. The number of rotatable bonds is 7. The van der Waals surface area contributed by atoms with Crippen molar-refractivity contribution in [2.24, 2.45) is 0 Å². The van der Waals surface area contributed by atoms with E-state index in [4.69, 9.17) is 4.74 Å². The molecule has 14 heavy (non-hydrogen) atoms. The first-order chi connectivity index (χ1) is 6.33. The van der Waals surface area contributed by atoms with E-state index in [-0.39, 0.29) is 25.0 Å². The molecule has 1 N–H and O–H groups in total. The van der Waals surface area contributed by atoms with E-state index in [1.165, 1.54) is 0 Å². The van der Waals surface area contributed by atoms with Crippen LogP contribution in [0.1, 0.15) is 13.8 Å². The quantitative estimate of drug-likeness (QED) is 0.766. The maximum Gasteiger partial charge on any atom is 0.214 e. The molecule has 0 amide bonds. The third kappa shape index (κ3) is 8.68. The summed E-state index contributed by atoms with van der Waals surface area (Å²) in [6, 6.07) is 0. The second-order valence-corrected chi connectivity index (χ2v) is 6.12. The minimum Gasteiger partial charge on any atom is -0.378 e. The summed E-state index contributed by atoms with van der Waals surface area (Å²) >= 11 is 3.07. The van der Waals surface area contributed by atoms with Crippen LogP contribution >= 0.6 is 15.9 Å². The minimum absolute atomic E-state index is 0.0224. The van der Waals surface area contributed by atoms with Gasteiger partial charge in [0.05, 0.1) is 18.5 Å². The zero-order valence-corrected chi connectivity index (χ0v) is 10.8. The predicted octanol–water partition coefficient (Wildman–Crippen LogP) is 1.24. The molecule has 0 aromatic heterocycles. The minimum atomic E-state index is -3.24. The van der Waals surface area contributed by atoms with Gasteiger partial charge in [-0.2, -0.15) is 0 Å². The zero-order chi connectivity index (χ0) is 11.2. The Morgan fingerprint density at radius 1 is 1.57 bits per heavy atom. The van der Waals surface area contributed by atoms with Gasteiger partial charge < -0.3 is 4.74 Å². The molecule has 0 bridgehead atoms. The van der Waals surface area contributed by atoms with Gasteiger partial charge in [-0.25, -0.2) is 13.1 Å². The summed E-state index contributed by atoms with van der Waals surface area (Å²) in [6.07, 6.45) is 0.0522. The molecule has 0 rings (SSSR count). The van der Waals surface area contributed by atoms with Crippen molar-refractivity contribution in [1.82, 2.24) is 4.72 Å². The fourth-order valence-electron chi connectivity index (χ4n) is 0.654. The van der Waals surface area contributed by atoms with Crippen molar-refractivity contribution in [2.75, 3.05) is 18.9 Å². The fourth-order valence-corrected chi connectivity index (χ4v) is 1.83. The van der Waals surface area contributed by atoms with Gasteiger partial charge in [-0.3, -0.25) is 0 Å². The van der Waals surface area contributed by atoms with Crippen LogP contribution < -0.4 is 4.72 Å². The maximum absolute atomic E-state index is 11.3. The van der Waals surface area contributed by atoms with Crippen molar-refractivity contribution in [3.05, 3.63) is 11.1 Å². The van der Waals surface area contributed by atoms with E-state index < -0.39 is 10.0 Å². The van der Waals surface area contributed by atoms with E-state index >= 15 is 0 Å². The number of hydrogen-bond acceptors (Lipinski definition) is 3. The van der Waals surface area contributed by atoms with Crippen LogP contribution in [0.4, 0.5) is 0 Å². The molecule has 0 aliphatic heterocycles. The molecule has 0 aromatic carbocycles. The van der Waals surface area contributed by atoms with E-state index in [1.807, 2.05) is 13.8 Å². The van der Waals surface area contributed by atoms with E-state index in [0.717, 1.165) is 0 Å². The first-order valence-electron chi connectivity index (χ1n) is 4.25. The second kappa shape index (κ2) is 6.55. The highest BCUT2D eigenvalue weighted by molar-refractivity contribution is 9.11.